The van der Waals surface area contributed by atoms with E-state index in [0.29, 0.717) is 25.3 Å². The van der Waals surface area contributed by atoms with E-state index in [2.05, 4.69) is 5.32 Å². The Hall–Kier alpha value is -1.11. The Bertz CT molecular complexity index is 468. The molecule has 0 aromatic carbocycles. The van der Waals surface area contributed by atoms with Gasteiger partial charge in [0.2, 0.25) is 5.91 Å². The van der Waals surface area contributed by atoms with E-state index in [1.54, 1.807) is 0 Å². The molecule has 0 fully saturated rings. The third kappa shape index (κ3) is 6.46. The quantitative estimate of drug-likeness (QED) is 0.669. The third-order valence-electron chi connectivity index (χ3n) is 3.95. The van der Waals surface area contributed by atoms with E-state index in [9.17, 15) is 18.0 Å². The Balaban J connectivity index is 4.45. The summed E-state index contributed by atoms with van der Waals surface area (Å²) in [5.41, 5.74) is 0. The van der Waals surface area contributed by atoms with Crippen molar-refractivity contribution in [1.82, 2.24) is 5.32 Å². The van der Waals surface area contributed by atoms with Crippen LogP contribution < -0.4 is 5.32 Å². The van der Waals surface area contributed by atoms with Crippen molar-refractivity contribution in [2.24, 2.45) is 11.8 Å². The Morgan fingerprint density at radius 1 is 1.19 bits per heavy atom. The third-order valence-corrected chi connectivity index (χ3v) is 5.99. The summed E-state index contributed by atoms with van der Waals surface area (Å²) in [7, 11) is -3.48. The van der Waals surface area contributed by atoms with Crippen LogP contribution in [-0.2, 0) is 19.4 Å². The number of amides is 1. The molecule has 1 atom stereocenters. The second kappa shape index (κ2) is 7.77. The van der Waals surface area contributed by atoms with Crippen molar-refractivity contribution in [3.05, 3.63) is 0 Å². The maximum Gasteiger partial charge on any atom is 0.303 e. The van der Waals surface area contributed by atoms with Crippen molar-refractivity contribution in [2.45, 2.75) is 51.7 Å². The molecule has 124 valence electrons. The fourth-order valence-corrected chi connectivity index (χ4v) is 2.28. The van der Waals surface area contributed by atoms with E-state index in [0.717, 1.165) is 6.26 Å². The van der Waals surface area contributed by atoms with Crippen LogP contribution >= 0.6 is 0 Å². The minimum atomic E-state index is -3.48. The minimum Gasteiger partial charge on any atom is -0.481 e. The highest BCUT2D eigenvalue weighted by Crippen LogP contribution is 2.21. The van der Waals surface area contributed by atoms with E-state index >= 15 is 0 Å². The van der Waals surface area contributed by atoms with Gasteiger partial charge in [0.15, 0.2) is 9.84 Å². The van der Waals surface area contributed by atoms with Gasteiger partial charge in [-0.3, -0.25) is 9.59 Å². The van der Waals surface area contributed by atoms with E-state index in [1.807, 2.05) is 13.8 Å². The van der Waals surface area contributed by atoms with Crippen molar-refractivity contribution in [3.8, 4) is 0 Å². The van der Waals surface area contributed by atoms with E-state index in [1.165, 1.54) is 13.8 Å². The average molecular weight is 321 g/mol. The molecular formula is C14H27NO5S. The zero-order valence-electron chi connectivity index (χ0n) is 13.5. The highest BCUT2D eigenvalue weighted by molar-refractivity contribution is 7.92. The molecule has 0 saturated carbocycles. The Morgan fingerprint density at radius 2 is 1.71 bits per heavy atom. The number of carboxylic acids is 1. The second-order valence-corrected chi connectivity index (χ2v) is 8.83. The normalized spacial score (nSPS) is 14.0. The Kier molecular flexibility index (Phi) is 7.36. The monoisotopic (exact) mass is 321 g/mol. The summed E-state index contributed by atoms with van der Waals surface area (Å²) in [6.07, 6.45) is 2.33. The summed E-state index contributed by atoms with van der Waals surface area (Å²) in [4.78, 5) is 22.6. The van der Waals surface area contributed by atoms with Crippen LogP contribution in [0.3, 0.4) is 0 Å². The van der Waals surface area contributed by atoms with E-state index < -0.39 is 26.5 Å². The number of hydrogen-bond acceptors (Lipinski definition) is 4. The lowest BCUT2D eigenvalue weighted by Crippen LogP contribution is -2.48. The van der Waals surface area contributed by atoms with Crippen LogP contribution in [0.2, 0.25) is 0 Å². The number of carboxylic acid groups (broad SMARTS) is 1. The first-order valence-corrected chi connectivity index (χ1v) is 8.98. The van der Waals surface area contributed by atoms with Gasteiger partial charge in [0.05, 0.1) is 0 Å². The van der Waals surface area contributed by atoms with Crippen molar-refractivity contribution >= 4 is 21.7 Å². The first-order valence-electron chi connectivity index (χ1n) is 7.09. The summed E-state index contributed by atoms with van der Waals surface area (Å²) in [5.74, 6) is -0.861. The summed E-state index contributed by atoms with van der Waals surface area (Å²) in [6, 6.07) is 0. The maximum atomic E-state index is 11.9. The van der Waals surface area contributed by atoms with Gasteiger partial charge < -0.3 is 10.4 Å². The first-order chi connectivity index (χ1) is 9.39. The highest BCUT2D eigenvalue weighted by Gasteiger charge is 2.38. The molecular weight excluding hydrogens is 294 g/mol. The van der Waals surface area contributed by atoms with Gasteiger partial charge in [0.25, 0.3) is 0 Å². The minimum absolute atomic E-state index is 0.103. The molecule has 1 amide bonds. The van der Waals surface area contributed by atoms with Crippen molar-refractivity contribution < 1.29 is 23.1 Å². The van der Waals surface area contributed by atoms with Gasteiger partial charge in [-0.25, -0.2) is 8.42 Å². The number of hydrogen-bond donors (Lipinski definition) is 2. The number of sulfone groups is 1. The summed E-state index contributed by atoms with van der Waals surface area (Å²) >= 11 is 0. The maximum absolute atomic E-state index is 11.9. The van der Waals surface area contributed by atoms with Crippen LogP contribution in [0, 0.1) is 11.8 Å². The fourth-order valence-electron chi connectivity index (χ4n) is 1.87. The zero-order chi connectivity index (χ0) is 16.8. The van der Waals surface area contributed by atoms with Gasteiger partial charge in [-0.15, -0.1) is 0 Å². The number of carbonyl (C=O) groups excluding carboxylic acids is 1. The average Bonchev–Trinajstić information content (AvgIpc) is 2.30. The molecule has 7 heteroatoms. The topological polar surface area (TPSA) is 101 Å². The summed E-state index contributed by atoms with van der Waals surface area (Å²) in [5, 5.41) is 11.4. The molecule has 1 unspecified atom stereocenters. The lowest BCUT2D eigenvalue weighted by Gasteiger charge is -2.24. The molecule has 0 bridgehead atoms. The molecule has 0 heterocycles. The van der Waals surface area contributed by atoms with Crippen molar-refractivity contribution in [3.63, 3.8) is 0 Å². The zero-order valence-corrected chi connectivity index (χ0v) is 14.3. The lowest BCUT2D eigenvalue weighted by atomic mass is 9.88. The molecule has 0 saturated heterocycles. The van der Waals surface area contributed by atoms with Gasteiger partial charge >= 0.3 is 5.97 Å². The largest absolute Gasteiger partial charge is 0.481 e. The van der Waals surface area contributed by atoms with Gasteiger partial charge in [0.1, 0.15) is 4.75 Å². The smallest absolute Gasteiger partial charge is 0.303 e. The number of nitrogens with one attached hydrogen (secondary N) is 1. The number of aliphatic carboxylic acids is 1. The Morgan fingerprint density at radius 3 is 2.10 bits per heavy atom. The van der Waals surface area contributed by atoms with Gasteiger partial charge in [-0.1, -0.05) is 13.8 Å². The molecule has 0 aromatic heterocycles. The summed E-state index contributed by atoms with van der Waals surface area (Å²) < 4.78 is 21.6. The SMILES string of the molecule is CC(C)C(CCNC(=O)C(C)(C)S(C)(=O)=O)CCC(=O)O. The molecule has 21 heavy (non-hydrogen) atoms. The highest BCUT2D eigenvalue weighted by atomic mass is 32.2. The molecule has 0 aliphatic rings. The second-order valence-electron chi connectivity index (χ2n) is 6.26. The van der Waals surface area contributed by atoms with Crippen LogP contribution in [0.15, 0.2) is 0 Å². The van der Waals surface area contributed by atoms with Gasteiger partial charge in [-0.2, -0.15) is 0 Å². The predicted octanol–water partition coefficient (Wildman–Crippen LogP) is 1.45. The van der Waals surface area contributed by atoms with Crippen LogP contribution in [0.4, 0.5) is 0 Å². The van der Waals surface area contributed by atoms with E-state index in [4.69, 9.17) is 5.11 Å². The number of carbonyl (C=O) groups is 2. The first kappa shape index (κ1) is 19.9. The standard InChI is InChI=1S/C14H27NO5S/c1-10(2)11(6-7-12(16)17)8-9-15-13(18)14(3,4)21(5,19)20/h10-11H,6-9H2,1-5H3,(H,15,18)(H,16,17). The fraction of sp³-hybridized carbons (Fsp3) is 0.857. The van der Waals surface area contributed by atoms with Crippen LogP contribution in [0.25, 0.3) is 0 Å². The molecule has 0 radical (unpaired) electrons. The van der Waals surface area contributed by atoms with Crippen LogP contribution in [-0.4, -0.2) is 42.9 Å². The molecule has 0 spiro atoms. The van der Waals surface area contributed by atoms with Crippen molar-refractivity contribution in [2.75, 3.05) is 12.8 Å². The molecule has 0 aliphatic heterocycles. The predicted molar refractivity (Wildman–Crippen MR) is 81.7 cm³/mol. The number of rotatable bonds is 9. The van der Waals surface area contributed by atoms with Gasteiger partial charge in [-0.05, 0) is 38.5 Å². The Labute approximate surface area is 127 Å². The van der Waals surface area contributed by atoms with Crippen molar-refractivity contribution in [1.29, 1.82) is 0 Å². The lowest BCUT2D eigenvalue weighted by molar-refractivity contribution is -0.137. The molecule has 6 nitrogen and oxygen atoms in total. The van der Waals surface area contributed by atoms with Crippen LogP contribution in [0.5, 0.6) is 0 Å². The molecule has 0 aliphatic carbocycles. The van der Waals surface area contributed by atoms with Crippen LogP contribution in [0.1, 0.15) is 47.0 Å². The summed E-state index contributed by atoms with van der Waals surface area (Å²) in [6.45, 7) is 7.12. The molecule has 2 N–H and O–H groups in total. The van der Waals surface area contributed by atoms with E-state index in [-0.39, 0.29) is 12.3 Å². The molecule has 0 aromatic rings. The molecule has 0 rings (SSSR count). The van der Waals surface area contributed by atoms with Gasteiger partial charge in [0, 0.05) is 19.2 Å².